The van der Waals surface area contributed by atoms with Crippen molar-refractivity contribution in [1.29, 1.82) is 0 Å². The van der Waals surface area contributed by atoms with Crippen molar-refractivity contribution in [2.75, 3.05) is 13.1 Å². The minimum atomic E-state index is -0.928. The van der Waals surface area contributed by atoms with Gasteiger partial charge in [-0.2, -0.15) is 0 Å². The Morgan fingerprint density at radius 1 is 1.11 bits per heavy atom. The Bertz CT molecular complexity index is 420. The Labute approximate surface area is 117 Å². The van der Waals surface area contributed by atoms with Crippen molar-refractivity contribution in [2.24, 2.45) is 0 Å². The third kappa shape index (κ3) is 7.31. The highest BCUT2D eigenvalue weighted by Gasteiger charge is 2.01. The number of aryl methyl sites for hydroxylation is 1. The second kappa shape index (κ2) is 8.37. The van der Waals surface area contributed by atoms with E-state index in [4.69, 9.17) is 16.7 Å². The molecule has 0 spiro atoms. The largest absolute Gasteiger partial charge is 0.481 e. The molecule has 1 aromatic rings. The van der Waals surface area contributed by atoms with Crippen LogP contribution in [0.5, 0.6) is 0 Å². The molecule has 0 saturated heterocycles. The molecule has 0 unspecified atom stereocenters. The third-order valence-electron chi connectivity index (χ3n) is 2.47. The fraction of sp³-hybridized carbons (Fsp3) is 0.385. The quantitative estimate of drug-likeness (QED) is 0.671. The van der Waals surface area contributed by atoms with Crippen LogP contribution in [-0.2, 0) is 11.2 Å². The summed E-state index contributed by atoms with van der Waals surface area (Å²) in [4.78, 5) is 21.5. The van der Waals surface area contributed by atoms with Gasteiger partial charge in [-0.3, -0.25) is 4.79 Å². The lowest BCUT2D eigenvalue weighted by molar-refractivity contribution is -0.136. The first-order valence-corrected chi connectivity index (χ1v) is 6.43. The minimum Gasteiger partial charge on any atom is -0.481 e. The summed E-state index contributed by atoms with van der Waals surface area (Å²) in [6.07, 6.45) is 1.60. The van der Waals surface area contributed by atoms with Crippen molar-refractivity contribution in [1.82, 2.24) is 10.6 Å². The van der Waals surface area contributed by atoms with Crippen molar-refractivity contribution in [3.05, 3.63) is 34.9 Å². The summed E-state index contributed by atoms with van der Waals surface area (Å²) in [5.41, 5.74) is 1.16. The molecule has 0 aliphatic carbocycles. The number of nitrogens with one attached hydrogen (secondary N) is 2. The van der Waals surface area contributed by atoms with Crippen LogP contribution in [0.3, 0.4) is 0 Å². The molecule has 1 rings (SSSR count). The monoisotopic (exact) mass is 284 g/mol. The summed E-state index contributed by atoms with van der Waals surface area (Å²) in [5, 5.41) is 14.3. The molecule has 0 bridgehead atoms. The van der Waals surface area contributed by atoms with Gasteiger partial charge in [-0.15, -0.1) is 0 Å². The minimum absolute atomic E-state index is 0.0712. The van der Waals surface area contributed by atoms with E-state index in [1.165, 1.54) is 0 Å². The van der Waals surface area contributed by atoms with Crippen LogP contribution in [0.1, 0.15) is 18.4 Å². The molecule has 0 aliphatic rings. The van der Waals surface area contributed by atoms with Gasteiger partial charge < -0.3 is 15.7 Å². The first-order valence-electron chi connectivity index (χ1n) is 6.06. The number of hydrogen-bond donors (Lipinski definition) is 3. The molecule has 1 aromatic carbocycles. The van der Waals surface area contributed by atoms with Gasteiger partial charge in [0.15, 0.2) is 0 Å². The van der Waals surface area contributed by atoms with Crippen molar-refractivity contribution in [3.8, 4) is 0 Å². The van der Waals surface area contributed by atoms with Gasteiger partial charge in [0.2, 0.25) is 0 Å². The lowest BCUT2D eigenvalue weighted by atomic mass is 10.1. The third-order valence-corrected chi connectivity index (χ3v) is 2.72. The molecule has 3 N–H and O–H groups in total. The number of amides is 2. The summed E-state index contributed by atoms with van der Waals surface area (Å²) >= 11 is 5.78. The van der Waals surface area contributed by atoms with Crippen molar-refractivity contribution in [3.63, 3.8) is 0 Å². The van der Waals surface area contributed by atoms with E-state index in [9.17, 15) is 9.59 Å². The normalized spacial score (nSPS) is 9.95. The van der Waals surface area contributed by atoms with E-state index in [-0.39, 0.29) is 19.0 Å². The Hall–Kier alpha value is -1.75. The van der Waals surface area contributed by atoms with Crippen LogP contribution in [0.15, 0.2) is 24.3 Å². The molecule has 0 atom stereocenters. The summed E-state index contributed by atoms with van der Waals surface area (Å²) in [7, 11) is 0. The van der Waals surface area contributed by atoms with Crippen molar-refractivity contribution >= 4 is 23.6 Å². The highest BCUT2D eigenvalue weighted by molar-refractivity contribution is 6.30. The second-order valence-corrected chi connectivity index (χ2v) is 4.49. The lowest BCUT2D eigenvalue weighted by Gasteiger charge is -2.06. The summed E-state index contributed by atoms with van der Waals surface area (Å²) in [6, 6.07) is 7.24. The molecular formula is C13H17ClN2O3. The summed E-state index contributed by atoms with van der Waals surface area (Å²) in [6.45, 7) is 0.680. The molecule has 0 aliphatic heterocycles. The van der Waals surface area contributed by atoms with Gasteiger partial charge in [0, 0.05) is 18.1 Å². The molecule has 0 aromatic heterocycles. The van der Waals surface area contributed by atoms with E-state index < -0.39 is 5.97 Å². The van der Waals surface area contributed by atoms with Crippen LogP contribution >= 0.6 is 11.6 Å². The van der Waals surface area contributed by atoms with Crippen LogP contribution < -0.4 is 10.6 Å². The zero-order valence-corrected chi connectivity index (χ0v) is 11.2. The number of aliphatic carboxylic acids is 1. The molecule has 0 heterocycles. The fourth-order valence-corrected chi connectivity index (χ4v) is 1.62. The van der Waals surface area contributed by atoms with Crippen LogP contribution in [0, 0.1) is 0 Å². The number of urea groups is 1. The Balaban J connectivity index is 2.08. The molecule has 0 saturated carbocycles. The standard InChI is InChI=1S/C13H17ClN2O3/c14-11-5-3-10(4-6-11)2-1-8-15-13(19)16-9-7-12(17)18/h3-6H,1-2,7-9H2,(H,17,18)(H2,15,16,19). The maximum atomic E-state index is 11.2. The lowest BCUT2D eigenvalue weighted by Crippen LogP contribution is -2.37. The molecule has 0 radical (unpaired) electrons. The van der Waals surface area contributed by atoms with E-state index in [2.05, 4.69) is 10.6 Å². The molecule has 5 nitrogen and oxygen atoms in total. The van der Waals surface area contributed by atoms with Crippen molar-refractivity contribution < 1.29 is 14.7 Å². The Morgan fingerprint density at radius 3 is 2.37 bits per heavy atom. The predicted molar refractivity (Wildman–Crippen MR) is 73.4 cm³/mol. The Morgan fingerprint density at radius 2 is 1.74 bits per heavy atom. The van der Waals surface area contributed by atoms with Gasteiger partial charge in [0.05, 0.1) is 6.42 Å². The maximum absolute atomic E-state index is 11.2. The number of rotatable bonds is 7. The zero-order valence-electron chi connectivity index (χ0n) is 10.5. The van der Waals surface area contributed by atoms with E-state index >= 15 is 0 Å². The van der Waals surface area contributed by atoms with E-state index in [1.54, 1.807) is 0 Å². The van der Waals surface area contributed by atoms with Gasteiger partial charge in [-0.1, -0.05) is 23.7 Å². The summed E-state index contributed by atoms with van der Waals surface area (Å²) in [5.74, 6) is -0.928. The van der Waals surface area contributed by atoms with Crippen molar-refractivity contribution in [2.45, 2.75) is 19.3 Å². The summed E-state index contributed by atoms with van der Waals surface area (Å²) < 4.78 is 0. The smallest absolute Gasteiger partial charge is 0.314 e. The molecule has 6 heteroatoms. The Kier molecular flexibility index (Phi) is 6.74. The number of carboxylic acid groups (broad SMARTS) is 1. The number of carbonyl (C=O) groups excluding carboxylic acids is 1. The molecular weight excluding hydrogens is 268 g/mol. The number of carboxylic acids is 1. The van der Waals surface area contributed by atoms with E-state index in [0.29, 0.717) is 11.6 Å². The van der Waals surface area contributed by atoms with Gasteiger partial charge in [-0.05, 0) is 30.5 Å². The van der Waals surface area contributed by atoms with Gasteiger partial charge in [0.25, 0.3) is 0 Å². The number of halogens is 1. The maximum Gasteiger partial charge on any atom is 0.314 e. The fourth-order valence-electron chi connectivity index (χ4n) is 1.49. The predicted octanol–water partition coefficient (Wildman–Crippen LogP) is 2.05. The number of benzene rings is 1. The van der Waals surface area contributed by atoms with Gasteiger partial charge in [-0.25, -0.2) is 4.79 Å². The molecule has 0 fully saturated rings. The van der Waals surface area contributed by atoms with Crippen LogP contribution in [-0.4, -0.2) is 30.2 Å². The van der Waals surface area contributed by atoms with Crippen LogP contribution in [0.25, 0.3) is 0 Å². The van der Waals surface area contributed by atoms with E-state index in [1.807, 2.05) is 24.3 Å². The second-order valence-electron chi connectivity index (χ2n) is 4.06. The van der Waals surface area contributed by atoms with E-state index in [0.717, 1.165) is 18.4 Å². The SMILES string of the molecule is O=C(O)CCNC(=O)NCCCc1ccc(Cl)cc1. The highest BCUT2D eigenvalue weighted by Crippen LogP contribution is 2.10. The van der Waals surface area contributed by atoms with Crippen LogP contribution in [0.4, 0.5) is 4.79 Å². The first-order chi connectivity index (χ1) is 9.08. The van der Waals surface area contributed by atoms with Gasteiger partial charge >= 0.3 is 12.0 Å². The average molecular weight is 285 g/mol. The number of carbonyl (C=O) groups is 2. The average Bonchev–Trinajstić information content (AvgIpc) is 2.36. The molecule has 104 valence electrons. The van der Waals surface area contributed by atoms with Crippen LogP contribution in [0.2, 0.25) is 5.02 Å². The zero-order chi connectivity index (χ0) is 14.1. The van der Waals surface area contributed by atoms with Gasteiger partial charge in [0.1, 0.15) is 0 Å². The molecule has 19 heavy (non-hydrogen) atoms. The first kappa shape index (κ1) is 15.3. The topological polar surface area (TPSA) is 78.4 Å². The molecule has 2 amide bonds. The number of hydrogen-bond acceptors (Lipinski definition) is 2. The highest BCUT2D eigenvalue weighted by atomic mass is 35.5.